The van der Waals surface area contributed by atoms with E-state index < -0.39 is 6.23 Å². The summed E-state index contributed by atoms with van der Waals surface area (Å²) in [6, 6.07) is 3.76. The number of rotatable bonds is 2. The van der Waals surface area contributed by atoms with Crippen LogP contribution in [0.1, 0.15) is 37.3 Å². The van der Waals surface area contributed by atoms with Crippen molar-refractivity contribution in [3.05, 3.63) is 29.6 Å². The molecule has 0 fully saturated rings. The third kappa shape index (κ3) is 2.03. The SMILES string of the molecule is CC(C)c1ccnc(C(N)O)c1. The van der Waals surface area contributed by atoms with Crippen LogP contribution < -0.4 is 5.73 Å². The summed E-state index contributed by atoms with van der Waals surface area (Å²) in [4.78, 5) is 3.95. The smallest absolute Gasteiger partial charge is 0.145 e. The van der Waals surface area contributed by atoms with Crippen molar-refractivity contribution >= 4 is 0 Å². The maximum absolute atomic E-state index is 9.05. The minimum absolute atomic E-state index is 0.436. The van der Waals surface area contributed by atoms with Crippen molar-refractivity contribution in [2.24, 2.45) is 5.73 Å². The quantitative estimate of drug-likeness (QED) is 0.648. The number of hydrogen-bond donors (Lipinski definition) is 2. The molecule has 1 atom stereocenters. The predicted octanol–water partition coefficient (Wildman–Crippen LogP) is 1.15. The van der Waals surface area contributed by atoms with Crippen molar-refractivity contribution in [1.29, 1.82) is 0 Å². The van der Waals surface area contributed by atoms with Gasteiger partial charge in [-0.05, 0) is 23.6 Å². The first-order valence-electron chi connectivity index (χ1n) is 4.00. The Kier molecular flexibility index (Phi) is 2.78. The monoisotopic (exact) mass is 166 g/mol. The van der Waals surface area contributed by atoms with Crippen LogP contribution in [0.15, 0.2) is 18.3 Å². The molecule has 66 valence electrons. The molecule has 12 heavy (non-hydrogen) atoms. The second-order valence-electron chi connectivity index (χ2n) is 3.11. The maximum atomic E-state index is 9.05. The summed E-state index contributed by atoms with van der Waals surface area (Å²) in [6.07, 6.45) is 0.699. The van der Waals surface area contributed by atoms with Crippen molar-refractivity contribution in [3.63, 3.8) is 0 Å². The lowest BCUT2D eigenvalue weighted by molar-refractivity contribution is 0.181. The van der Waals surface area contributed by atoms with Gasteiger partial charge in [0.15, 0.2) is 0 Å². The molecule has 1 aromatic heterocycles. The molecule has 0 bridgehead atoms. The fourth-order valence-electron chi connectivity index (χ4n) is 0.986. The van der Waals surface area contributed by atoms with E-state index in [9.17, 15) is 0 Å². The molecule has 0 saturated carbocycles. The molecular formula is C9H14N2O. The van der Waals surface area contributed by atoms with E-state index in [-0.39, 0.29) is 0 Å². The van der Waals surface area contributed by atoms with Gasteiger partial charge in [0.05, 0.1) is 5.69 Å². The van der Waals surface area contributed by atoms with Crippen LogP contribution in [0.4, 0.5) is 0 Å². The van der Waals surface area contributed by atoms with Gasteiger partial charge < -0.3 is 10.8 Å². The van der Waals surface area contributed by atoms with E-state index in [1.165, 1.54) is 0 Å². The maximum Gasteiger partial charge on any atom is 0.145 e. The Balaban J connectivity index is 2.96. The highest BCUT2D eigenvalue weighted by Gasteiger charge is 2.04. The molecule has 0 aromatic carbocycles. The Bertz CT molecular complexity index is 235. The number of aliphatic hydroxyl groups excluding tert-OH is 1. The molecule has 1 heterocycles. The van der Waals surface area contributed by atoms with Gasteiger partial charge in [-0.2, -0.15) is 0 Å². The molecule has 3 nitrogen and oxygen atoms in total. The second kappa shape index (κ2) is 3.65. The van der Waals surface area contributed by atoms with Crippen LogP contribution in [-0.2, 0) is 0 Å². The number of aromatic nitrogens is 1. The number of pyridine rings is 1. The summed E-state index contributed by atoms with van der Waals surface area (Å²) in [5, 5.41) is 9.05. The normalized spacial score (nSPS) is 13.4. The lowest BCUT2D eigenvalue weighted by Crippen LogP contribution is -2.10. The molecule has 0 amide bonds. The largest absolute Gasteiger partial charge is 0.373 e. The highest BCUT2D eigenvalue weighted by atomic mass is 16.3. The lowest BCUT2D eigenvalue weighted by Gasteiger charge is -2.08. The molecule has 0 saturated heterocycles. The first-order valence-corrected chi connectivity index (χ1v) is 4.00. The van der Waals surface area contributed by atoms with E-state index in [0.29, 0.717) is 11.6 Å². The van der Waals surface area contributed by atoms with Gasteiger partial charge in [0.2, 0.25) is 0 Å². The predicted molar refractivity (Wildman–Crippen MR) is 47.5 cm³/mol. The summed E-state index contributed by atoms with van der Waals surface area (Å²) < 4.78 is 0. The third-order valence-electron chi connectivity index (χ3n) is 1.77. The average molecular weight is 166 g/mol. The molecule has 3 heteroatoms. The Labute approximate surface area is 72.2 Å². The Hall–Kier alpha value is -0.930. The van der Waals surface area contributed by atoms with Crippen LogP contribution in [0.3, 0.4) is 0 Å². The molecular weight excluding hydrogens is 152 g/mol. The number of aliphatic hydroxyl groups is 1. The van der Waals surface area contributed by atoms with Gasteiger partial charge in [0.1, 0.15) is 6.23 Å². The first kappa shape index (κ1) is 9.16. The van der Waals surface area contributed by atoms with Gasteiger partial charge in [-0.3, -0.25) is 4.98 Å². The Morgan fingerprint density at radius 1 is 1.50 bits per heavy atom. The molecule has 3 N–H and O–H groups in total. The second-order valence-corrected chi connectivity index (χ2v) is 3.11. The Morgan fingerprint density at radius 2 is 2.17 bits per heavy atom. The van der Waals surface area contributed by atoms with Crippen LogP contribution >= 0.6 is 0 Å². The number of nitrogens with zero attached hydrogens (tertiary/aromatic N) is 1. The van der Waals surface area contributed by atoms with Crippen LogP contribution in [-0.4, -0.2) is 10.1 Å². The molecule has 1 rings (SSSR count). The molecule has 0 aliphatic heterocycles. The fraction of sp³-hybridized carbons (Fsp3) is 0.444. The zero-order chi connectivity index (χ0) is 9.14. The van der Waals surface area contributed by atoms with Crippen molar-refractivity contribution < 1.29 is 5.11 Å². The molecule has 1 unspecified atom stereocenters. The summed E-state index contributed by atoms with van der Waals surface area (Å²) in [6.45, 7) is 4.17. The first-order chi connectivity index (χ1) is 5.61. The van der Waals surface area contributed by atoms with Gasteiger partial charge in [0.25, 0.3) is 0 Å². The number of nitrogens with two attached hydrogens (primary N) is 1. The van der Waals surface area contributed by atoms with Crippen molar-refractivity contribution in [1.82, 2.24) is 4.98 Å². The van der Waals surface area contributed by atoms with E-state index in [4.69, 9.17) is 10.8 Å². The lowest BCUT2D eigenvalue weighted by atomic mass is 10.0. The molecule has 0 aliphatic rings. The highest BCUT2D eigenvalue weighted by molar-refractivity contribution is 5.20. The third-order valence-corrected chi connectivity index (χ3v) is 1.77. The van der Waals surface area contributed by atoms with Gasteiger partial charge in [-0.1, -0.05) is 13.8 Å². The summed E-state index contributed by atoms with van der Waals surface area (Å²) >= 11 is 0. The van der Waals surface area contributed by atoms with Gasteiger partial charge in [0, 0.05) is 6.20 Å². The fourth-order valence-corrected chi connectivity index (χ4v) is 0.986. The van der Waals surface area contributed by atoms with Crippen molar-refractivity contribution in [2.75, 3.05) is 0 Å². The molecule has 0 radical (unpaired) electrons. The molecule has 0 spiro atoms. The van der Waals surface area contributed by atoms with E-state index in [1.54, 1.807) is 6.20 Å². The topological polar surface area (TPSA) is 59.1 Å². The molecule has 0 aliphatic carbocycles. The van der Waals surface area contributed by atoms with E-state index in [0.717, 1.165) is 5.56 Å². The summed E-state index contributed by atoms with van der Waals surface area (Å²) in [5.41, 5.74) is 6.95. The van der Waals surface area contributed by atoms with Crippen LogP contribution in [0.25, 0.3) is 0 Å². The van der Waals surface area contributed by atoms with Crippen LogP contribution in [0.2, 0.25) is 0 Å². The van der Waals surface area contributed by atoms with E-state index in [2.05, 4.69) is 18.8 Å². The minimum Gasteiger partial charge on any atom is -0.373 e. The zero-order valence-corrected chi connectivity index (χ0v) is 7.36. The number of hydrogen-bond acceptors (Lipinski definition) is 3. The standard InChI is InChI=1S/C9H14N2O/c1-6(2)7-3-4-11-8(5-7)9(10)12/h3-6,9,12H,10H2,1-2H3. The van der Waals surface area contributed by atoms with Crippen LogP contribution in [0, 0.1) is 0 Å². The van der Waals surface area contributed by atoms with Gasteiger partial charge >= 0.3 is 0 Å². The Morgan fingerprint density at radius 3 is 2.67 bits per heavy atom. The highest BCUT2D eigenvalue weighted by Crippen LogP contribution is 2.15. The van der Waals surface area contributed by atoms with E-state index in [1.807, 2.05) is 12.1 Å². The van der Waals surface area contributed by atoms with E-state index >= 15 is 0 Å². The van der Waals surface area contributed by atoms with Gasteiger partial charge in [-0.25, -0.2) is 0 Å². The van der Waals surface area contributed by atoms with Crippen LogP contribution in [0.5, 0.6) is 0 Å². The van der Waals surface area contributed by atoms with Crippen molar-refractivity contribution in [2.45, 2.75) is 26.0 Å². The average Bonchev–Trinajstić information content (AvgIpc) is 2.04. The van der Waals surface area contributed by atoms with Crippen molar-refractivity contribution in [3.8, 4) is 0 Å². The summed E-state index contributed by atoms with van der Waals surface area (Å²) in [7, 11) is 0. The zero-order valence-electron chi connectivity index (χ0n) is 7.36. The summed E-state index contributed by atoms with van der Waals surface area (Å²) in [5.74, 6) is 0.436. The molecule has 1 aromatic rings. The van der Waals surface area contributed by atoms with Gasteiger partial charge in [-0.15, -0.1) is 0 Å². The minimum atomic E-state index is -0.969.